The SMILES string of the molecule is COc1cc(SC)ccc1C(=O)N[C@H]1C[C@H]2C(=O)Nc3ccc(-c4ccc(SC)cc4)cc3C(=O)N2C1. The van der Waals surface area contributed by atoms with Crippen LogP contribution in [0.5, 0.6) is 5.75 Å². The van der Waals surface area contributed by atoms with Crippen LogP contribution in [-0.2, 0) is 4.79 Å². The second-order valence-electron chi connectivity index (χ2n) is 8.92. The number of fused-ring (bicyclic) bond motifs is 2. The van der Waals surface area contributed by atoms with Crippen molar-refractivity contribution in [3.63, 3.8) is 0 Å². The van der Waals surface area contributed by atoms with Crippen molar-refractivity contribution < 1.29 is 19.1 Å². The molecule has 2 aliphatic heterocycles. The van der Waals surface area contributed by atoms with Gasteiger partial charge in [0.25, 0.3) is 11.8 Å². The number of carbonyl (C=O) groups excluding carboxylic acids is 3. The predicted octanol–water partition coefficient (Wildman–Crippen LogP) is 4.77. The molecule has 3 aromatic rings. The van der Waals surface area contributed by atoms with Crippen LogP contribution < -0.4 is 15.4 Å². The third kappa shape index (κ3) is 4.93. The maximum absolute atomic E-state index is 13.6. The van der Waals surface area contributed by atoms with Crippen molar-refractivity contribution in [2.24, 2.45) is 0 Å². The fourth-order valence-electron chi connectivity index (χ4n) is 4.83. The summed E-state index contributed by atoms with van der Waals surface area (Å²) in [6.45, 7) is 0.250. The Bertz CT molecular complexity index is 1380. The number of methoxy groups -OCH3 is 1. The van der Waals surface area contributed by atoms with E-state index in [1.165, 1.54) is 7.11 Å². The molecule has 2 heterocycles. The summed E-state index contributed by atoms with van der Waals surface area (Å²) in [6, 6.07) is 18.1. The Morgan fingerprint density at radius 1 is 0.973 bits per heavy atom. The van der Waals surface area contributed by atoms with Crippen molar-refractivity contribution in [1.82, 2.24) is 10.2 Å². The molecule has 1 fully saturated rings. The molecule has 7 nitrogen and oxygen atoms in total. The number of amides is 3. The highest BCUT2D eigenvalue weighted by molar-refractivity contribution is 7.98. The number of nitrogens with zero attached hydrogens (tertiary/aromatic N) is 1. The van der Waals surface area contributed by atoms with Crippen molar-refractivity contribution in [1.29, 1.82) is 0 Å². The average molecular weight is 534 g/mol. The lowest BCUT2D eigenvalue weighted by Crippen LogP contribution is -2.41. The molecule has 2 aliphatic rings. The summed E-state index contributed by atoms with van der Waals surface area (Å²) in [4.78, 5) is 43.5. The molecular weight excluding hydrogens is 506 g/mol. The molecule has 0 radical (unpaired) electrons. The van der Waals surface area contributed by atoms with Crippen LogP contribution >= 0.6 is 23.5 Å². The Morgan fingerprint density at radius 3 is 2.38 bits per heavy atom. The first kappa shape index (κ1) is 25.2. The molecule has 9 heteroatoms. The fraction of sp³-hybridized carbons (Fsp3) is 0.250. The van der Waals surface area contributed by atoms with Crippen LogP contribution in [0.15, 0.2) is 70.5 Å². The zero-order chi connectivity index (χ0) is 26.1. The first-order valence-electron chi connectivity index (χ1n) is 11.8. The van der Waals surface area contributed by atoms with Gasteiger partial charge in [0.2, 0.25) is 5.91 Å². The van der Waals surface area contributed by atoms with Gasteiger partial charge in [0.15, 0.2) is 0 Å². The molecule has 0 aromatic heterocycles. The average Bonchev–Trinajstić information content (AvgIpc) is 3.32. The minimum atomic E-state index is -0.657. The summed E-state index contributed by atoms with van der Waals surface area (Å²) in [5.74, 6) is -0.281. The molecule has 2 N–H and O–H groups in total. The number of nitrogens with one attached hydrogen (secondary N) is 2. The second kappa shape index (κ2) is 10.5. The summed E-state index contributed by atoms with van der Waals surface area (Å²) in [5.41, 5.74) is 3.27. The standard InChI is InChI=1S/C28H27N3O4S2/c1-35-25-14-20(37-3)9-10-21(25)26(32)29-18-13-24-27(33)30-23-11-6-17(12-22(23)28(34)31(24)15-18)16-4-7-19(36-2)8-5-16/h4-12,14,18,24H,13,15H2,1-3H3,(H,29,32)(H,30,33)/t18-,24-/m0/s1. The van der Waals surface area contributed by atoms with Crippen molar-refractivity contribution in [2.45, 2.75) is 28.3 Å². The zero-order valence-corrected chi connectivity index (χ0v) is 22.4. The van der Waals surface area contributed by atoms with E-state index in [9.17, 15) is 14.4 Å². The topological polar surface area (TPSA) is 87.7 Å². The van der Waals surface area contributed by atoms with Crippen LogP contribution in [0, 0.1) is 0 Å². The fourth-order valence-corrected chi connectivity index (χ4v) is 5.66. The van der Waals surface area contributed by atoms with E-state index in [0.717, 1.165) is 20.9 Å². The number of hydrogen-bond acceptors (Lipinski definition) is 6. The highest BCUT2D eigenvalue weighted by Gasteiger charge is 2.43. The zero-order valence-electron chi connectivity index (χ0n) is 20.7. The van der Waals surface area contributed by atoms with E-state index in [1.54, 1.807) is 40.6 Å². The summed E-state index contributed by atoms with van der Waals surface area (Å²) in [6.07, 6.45) is 4.32. The van der Waals surface area contributed by atoms with E-state index in [4.69, 9.17) is 4.74 Å². The summed E-state index contributed by atoms with van der Waals surface area (Å²) < 4.78 is 5.41. The van der Waals surface area contributed by atoms with Crippen LogP contribution in [-0.4, -0.2) is 60.9 Å². The monoisotopic (exact) mass is 533 g/mol. The highest BCUT2D eigenvalue weighted by Crippen LogP contribution is 2.33. The molecule has 0 unspecified atom stereocenters. The van der Waals surface area contributed by atoms with Crippen molar-refractivity contribution in [3.05, 3.63) is 71.8 Å². The Kier molecular flexibility index (Phi) is 7.17. The van der Waals surface area contributed by atoms with E-state index in [-0.39, 0.29) is 30.3 Å². The Hall–Kier alpha value is -3.43. The van der Waals surface area contributed by atoms with Gasteiger partial charge in [0, 0.05) is 22.4 Å². The lowest BCUT2D eigenvalue weighted by atomic mass is 10.0. The van der Waals surface area contributed by atoms with E-state index >= 15 is 0 Å². The maximum Gasteiger partial charge on any atom is 0.256 e. The minimum Gasteiger partial charge on any atom is -0.496 e. The first-order valence-corrected chi connectivity index (χ1v) is 14.3. The lowest BCUT2D eigenvalue weighted by molar-refractivity contribution is -0.119. The van der Waals surface area contributed by atoms with Crippen LogP contribution in [0.4, 0.5) is 5.69 Å². The molecule has 3 aromatic carbocycles. The first-order chi connectivity index (χ1) is 17.9. The number of benzene rings is 3. The number of hydrogen-bond donors (Lipinski definition) is 2. The molecule has 190 valence electrons. The molecule has 37 heavy (non-hydrogen) atoms. The van der Waals surface area contributed by atoms with Crippen LogP contribution in [0.3, 0.4) is 0 Å². The Balaban J connectivity index is 1.37. The Labute approximate surface area is 224 Å². The van der Waals surface area contributed by atoms with Crippen LogP contribution in [0.2, 0.25) is 0 Å². The van der Waals surface area contributed by atoms with Gasteiger partial charge in [-0.05, 0) is 72.5 Å². The van der Waals surface area contributed by atoms with Crippen molar-refractivity contribution in [2.75, 3.05) is 31.5 Å². The molecule has 0 saturated carbocycles. The van der Waals surface area contributed by atoms with Gasteiger partial charge in [-0.25, -0.2) is 0 Å². The van der Waals surface area contributed by atoms with E-state index in [1.807, 2.05) is 61.0 Å². The molecule has 1 saturated heterocycles. The van der Waals surface area contributed by atoms with Gasteiger partial charge in [-0.2, -0.15) is 0 Å². The molecule has 0 aliphatic carbocycles. The molecule has 0 spiro atoms. The van der Waals surface area contributed by atoms with Gasteiger partial charge in [0.05, 0.1) is 23.9 Å². The second-order valence-corrected chi connectivity index (χ2v) is 10.7. The third-order valence-electron chi connectivity index (χ3n) is 6.78. The summed E-state index contributed by atoms with van der Waals surface area (Å²) in [7, 11) is 1.53. The van der Waals surface area contributed by atoms with Gasteiger partial charge < -0.3 is 20.3 Å². The number of ether oxygens (including phenoxy) is 1. The van der Waals surface area contributed by atoms with Crippen molar-refractivity contribution >= 4 is 46.9 Å². The van der Waals surface area contributed by atoms with Crippen LogP contribution in [0.25, 0.3) is 11.1 Å². The molecule has 0 bridgehead atoms. The molecule has 5 rings (SSSR count). The Morgan fingerprint density at radius 2 is 1.68 bits per heavy atom. The molecule has 2 atom stereocenters. The number of thioether (sulfide) groups is 2. The minimum absolute atomic E-state index is 0.223. The van der Waals surface area contributed by atoms with Gasteiger partial charge in [0.1, 0.15) is 11.8 Å². The number of carbonyl (C=O) groups is 3. The largest absolute Gasteiger partial charge is 0.496 e. The van der Waals surface area contributed by atoms with Gasteiger partial charge >= 0.3 is 0 Å². The van der Waals surface area contributed by atoms with Gasteiger partial charge in [-0.15, -0.1) is 23.5 Å². The van der Waals surface area contributed by atoms with E-state index in [2.05, 4.69) is 10.6 Å². The highest BCUT2D eigenvalue weighted by atomic mass is 32.2. The smallest absolute Gasteiger partial charge is 0.256 e. The lowest BCUT2D eigenvalue weighted by Gasteiger charge is -2.20. The van der Waals surface area contributed by atoms with E-state index < -0.39 is 6.04 Å². The van der Waals surface area contributed by atoms with Gasteiger partial charge in [-0.1, -0.05) is 18.2 Å². The summed E-state index contributed by atoms with van der Waals surface area (Å²) >= 11 is 3.23. The predicted molar refractivity (Wildman–Crippen MR) is 148 cm³/mol. The number of rotatable bonds is 6. The third-order valence-corrected chi connectivity index (χ3v) is 8.25. The van der Waals surface area contributed by atoms with E-state index in [0.29, 0.717) is 29.0 Å². The molecular formula is C28H27N3O4S2. The quantitative estimate of drug-likeness (QED) is 0.444. The number of anilines is 1. The van der Waals surface area contributed by atoms with Gasteiger partial charge in [-0.3, -0.25) is 14.4 Å². The van der Waals surface area contributed by atoms with Crippen LogP contribution in [0.1, 0.15) is 27.1 Å². The molecule has 3 amide bonds. The van der Waals surface area contributed by atoms with Crippen molar-refractivity contribution in [3.8, 4) is 16.9 Å². The summed E-state index contributed by atoms with van der Waals surface area (Å²) in [5, 5.41) is 5.91. The maximum atomic E-state index is 13.6. The normalized spacial score (nSPS) is 18.5.